The molecule has 0 aliphatic heterocycles. The molecule has 1 aromatic rings. The molecule has 0 fully saturated rings. The second-order valence-corrected chi connectivity index (χ2v) is 5.27. The Morgan fingerprint density at radius 1 is 1.24 bits per heavy atom. The van der Waals surface area contributed by atoms with Crippen LogP contribution in [0.4, 0.5) is 0 Å². The van der Waals surface area contributed by atoms with Crippen molar-refractivity contribution in [2.24, 2.45) is 0 Å². The molecule has 1 unspecified atom stereocenters. The van der Waals surface area contributed by atoms with E-state index in [2.05, 4.69) is 0 Å². The van der Waals surface area contributed by atoms with Gasteiger partial charge in [0, 0.05) is 13.1 Å². The number of aliphatic hydroxyl groups is 2. The summed E-state index contributed by atoms with van der Waals surface area (Å²) in [7, 11) is 1.95. The van der Waals surface area contributed by atoms with Gasteiger partial charge in [0.25, 0.3) is 0 Å². The Bertz CT molecular complexity index is 319. The van der Waals surface area contributed by atoms with E-state index < -0.39 is 11.7 Å². The first-order valence-corrected chi connectivity index (χ1v) is 6.02. The number of hydrogen-bond acceptors (Lipinski definition) is 3. The molecular weight excluding hydrogens is 214 g/mol. The molecule has 96 valence electrons. The molecule has 1 atom stereocenters. The van der Waals surface area contributed by atoms with Crippen molar-refractivity contribution in [1.29, 1.82) is 0 Å². The third kappa shape index (κ3) is 5.82. The van der Waals surface area contributed by atoms with Gasteiger partial charge in [-0.05, 0) is 32.9 Å². The van der Waals surface area contributed by atoms with E-state index in [4.69, 9.17) is 0 Å². The molecule has 17 heavy (non-hydrogen) atoms. The third-order valence-electron chi connectivity index (χ3n) is 2.63. The average Bonchev–Trinajstić information content (AvgIpc) is 2.25. The number of rotatable bonds is 6. The summed E-state index contributed by atoms with van der Waals surface area (Å²) in [5, 5.41) is 19.6. The molecular formula is C14H23NO2. The molecule has 0 amide bonds. The lowest BCUT2D eigenvalue weighted by Gasteiger charge is -2.26. The molecule has 1 aromatic carbocycles. The third-order valence-corrected chi connectivity index (χ3v) is 2.63. The van der Waals surface area contributed by atoms with Gasteiger partial charge >= 0.3 is 0 Å². The number of aliphatic hydroxyl groups excluding tert-OH is 1. The van der Waals surface area contributed by atoms with E-state index in [0.717, 1.165) is 12.1 Å². The van der Waals surface area contributed by atoms with E-state index in [0.29, 0.717) is 13.0 Å². The molecule has 1 rings (SSSR count). The lowest BCUT2D eigenvalue weighted by atomic mass is 10.1. The molecule has 0 aromatic heterocycles. The maximum atomic E-state index is 9.98. The van der Waals surface area contributed by atoms with Gasteiger partial charge in [0.2, 0.25) is 0 Å². The molecule has 2 N–H and O–H groups in total. The molecule has 0 saturated carbocycles. The van der Waals surface area contributed by atoms with Crippen LogP contribution < -0.4 is 0 Å². The Balaban J connectivity index is 2.36. The van der Waals surface area contributed by atoms with Gasteiger partial charge in [-0.1, -0.05) is 30.3 Å². The highest BCUT2D eigenvalue weighted by Gasteiger charge is 2.16. The average molecular weight is 237 g/mol. The van der Waals surface area contributed by atoms with Gasteiger partial charge in [0.1, 0.15) is 0 Å². The van der Waals surface area contributed by atoms with Gasteiger partial charge in [0.05, 0.1) is 11.7 Å². The summed E-state index contributed by atoms with van der Waals surface area (Å²) in [4.78, 5) is 2.03. The van der Waals surface area contributed by atoms with Crippen LogP contribution in [-0.2, 0) is 0 Å². The highest BCUT2D eigenvalue weighted by molar-refractivity contribution is 5.17. The summed E-state index contributed by atoms with van der Waals surface area (Å²) in [6.45, 7) is 4.95. The van der Waals surface area contributed by atoms with Crippen molar-refractivity contribution in [2.45, 2.75) is 32.0 Å². The smallest absolute Gasteiger partial charge is 0.0802 e. The minimum atomic E-state index is -0.688. The van der Waals surface area contributed by atoms with E-state index >= 15 is 0 Å². The van der Waals surface area contributed by atoms with Crippen LogP contribution in [0.3, 0.4) is 0 Å². The molecule has 0 spiro atoms. The number of hydrogen-bond donors (Lipinski definition) is 2. The minimum absolute atomic E-state index is 0.430. The van der Waals surface area contributed by atoms with E-state index in [1.165, 1.54) is 0 Å². The summed E-state index contributed by atoms with van der Waals surface area (Å²) in [5.74, 6) is 0. The molecule has 0 aliphatic rings. The summed E-state index contributed by atoms with van der Waals surface area (Å²) >= 11 is 0. The fourth-order valence-corrected chi connectivity index (χ4v) is 1.92. The van der Waals surface area contributed by atoms with Crippen LogP contribution >= 0.6 is 0 Å². The van der Waals surface area contributed by atoms with E-state index in [1.54, 1.807) is 13.8 Å². The van der Waals surface area contributed by atoms with E-state index in [9.17, 15) is 10.2 Å². The fourth-order valence-electron chi connectivity index (χ4n) is 1.92. The zero-order valence-corrected chi connectivity index (χ0v) is 10.9. The van der Waals surface area contributed by atoms with Crippen molar-refractivity contribution in [3.63, 3.8) is 0 Å². The van der Waals surface area contributed by atoms with Crippen LogP contribution in [0, 0.1) is 0 Å². The molecule has 3 nitrogen and oxygen atoms in total. The number of benzene rings is 1. The summed E-state index contributed by atoms with van der Waals surface area (Å²) in [5.41, 5.74) is 0.260. The Hall–Kier alpha value is -0.900. The minimum Gasteiger partial charge on any atom is -0.389 e. The van der Waals surface area contributed by atoms with Crippen LogP contribution in [0.2, 0.25) is 0 Å². The molecule has 3 heteroatoms. The second kappa shape index (κ2) is 6.15. The Morgan fingerprint density at radius 2 is 1.82 bits per heavy atom. The van der Waals surface area contributed by atoms with Gasteiger partial charge in [-0.25, -0.2) is 0 Å². The maximum Gasteiger partial charge on any atom is 0.0802 e. The largest absolute Gasteiger partial charge is 0.389 e. The lowest BCUT2D eigenvalue weighted by molar-refractivity contribution is 0.0393. The number of likely N-dealkylation sites (N-methyl/N-ethyl adjacent to an activating group) is 1. The molecule has 0 bridgehead atoms. The fraction of sp³-hybridized carbons (Fsp3) is 0.571. The van der Waals surface area contributed by atoms with Crippen molar-refractivity contribution in [1.82, 2.24) is 4.90 Å². The first-order chi connectivity index (χ1) is 7.88. The standard InChI is InChI=1S/C14H23NO2/c1-14(2,17)11-15(3)10-9-13(16)12-7-5-4-6-8-12/h4-8,13,16-17H,9-11H2,1-3H3. The van der Waals surface area contributed by atoms with Crippen LogP contribution in [-0.4, -0.2) is 40.9 Å². The van der Waals surface area contributed by atoms with Gasteiger partial charge in [0.15, 0.2) is 0 Å². The first kappa shape index (κ1) is 14.2. The first-order valence-electron chi connectivity index (χ1n) is 6.02. The van der Waals surface area contributed by atoms with Crippen molar-refractivity contribution in [2.75, 3.05) is 20.1 Å². The van der Waals surface area contributed by atoms with E-state index in [-0.39, 0.29) is 0 Å². The Morgan fingerprint density at radius 3 is 2.35 bits per heavy atom. The van der Waals surface area contributed by atoms with Crippen LogP contribution in [0.1, 0.15) is 31.9 Å². The van der Waals surface area contributed by atoms with Gasteiger partial charge < -0.3 is 15.1 Å². The molecule has 0 saturated heterocycles. The second-order valence-electron chi connectivity index (χ2n) is 5.27. The van der Waals surface area contributed by atoms with Gasteiger partial charge in [-0.15, -0.1) is 0 Å². The molecule has 0 aliphatic carbocycles. The Labute approximate surface area is 104 Å². The van der Waals surface area contributed by atoms with Gasteiger partial charge in [-0.2, -0.15) is 0 Å². The van der Waals surface area contributed by atoms with Crippen molar-refractivity contribution < 1.29 is 10.2 Å². The van der Waals surface area contributed by atoms with Crippen molar-refractivity contribution in [3.8, 4) is 0 Å². The van der Waals surface area contributed by atoms with Gasteiger partial charge in [-0.3, -0.25) is 0 Å². The predicted octanol–water partition coefficient (Wildman–Crippen LogP) is 1.81. The maximum absolute atomic E-state index is 9.98. The monoisotopic (exact) mass is 237 g/mol. The highest BCUT2D eigenvalue weighted by Crippen LogP contribution is 2.16. The highest BCUT2D eigenvalue weighted by atomic mass is 16.3. The topological polar surface area (TPSA) is 43.7 Å². The zero-order valence-electron chi connectivity index (χ0n) is 10.9. The molecule has 0 radical (unpaired) electrons. The van der Waals surface area contributed by atoms with Crippen LogP contribution in [0.25, 0.3) is 0 Å². The lowest BCUT2D eigenvalue weighted by Crippen LogP contribution is -2.37. The SMILES string of the molecule is CN(CCC(O)c1ccccc1)CC(C)(C)O. The summed E-state index contributed by atoms with van der Waals surface area (Å²) in [6, 6.07) is 9.66. The van der Waals surface area contributed by atoms with Crippen molar-refractivity contribution >= 4 is 0 Å². The Kier molecular flexibility index (Phi) is 5.12. The molecule has 0 heterocycles. The number of nitrogens with zero attached hydrogens (tertiary/aromatic N) is 1. The zero-order chi connectivity index (χ0) is 12.9. The summed E-state index contributed by atoms with van der Waals surface area (Å²) < 4.78 is 0. The normalized spacial score (nSPS) is 14.0. The van der Waals surface area contributed by atoms with E-state index in [1.807, 2.05) is 42.3 Å². The van der Waals surface area contributed by atoms with Crippen LogP contribution in [0.5, 0.6) is 0 Å². The van der Waals surface area contributed by atoms with Crippen molar-refractivity contribution in [3.05, 3.63) is 35.9 Å². The predicted molar refractivity (Wildman–Crippen MR) is 69.8 cm³/mol. The summed E-state index contributed by atoms with van der Waals surface area (Å²) in [6.07, 6.45) is 0.247. The quantitative estimate of drug-likeness (QED) is 0.793. The van der Waals surface area contributed by atoms with Crippen LogP contribution in [0.15, 0.2) is 30.3 Å².